The molecular formula is C26H20Br4N4O4. The highest BCUT2D eigenvalue weighted by Gasteiger charge is 2.21. The number of aromatic nitrogens is 2. The first kappa shape index (κ1) is 28.6. The molecule has 8 nitrogen and oxygen atoms in total. The van der Waals surface area contributed by atoms with Crippen molar-refractivity contribution in [1.29, 1.82) is 0 Å². The number of nitro groups is 1. The van der Waals surface area contributed by atoms with Crippen LogP contribution < -0.4 is 10.3 Å². The van der Waals surface area contributed by atoms with E-state index in [2.05, 4.69) is 73.8 Å². The SMILES string of the molecule is CC[C@@H](C)c1nc2ccc(Br)cc2c(=O)n1N=Cc1cc(Br)c(OCc2ccc(Br)cc2Br)c([N+](=O)[O-])c1. The minimum atomic E-state index is -0.514. The largest absolute Gasteiger partial charge is 0.481 e. The number of fused-ring (bicyclic) bond motifs is 1. The zero-order chi connectivity index (χ0) is 27.6. The van der Waals surface area contributed by atoms with Gasteiger partial charge in [0.2, 0.25) is 5.75 Å². The van der Waals surface area contributed by atoms with Crippen LogP contribution in [-0.4, -0.2) is 20.8 Å². The Labute approximate surface area is 251 Å². The van der Waals surface area contributed by atoms with E-state index in [0.29, 0.717) is 26.8 Å². The van der Waals surface area contributed by atoms with E-state index in [4.69, 9.17) is 4.74 Å². The van der Waals surface area contributed by atoms with Gasteiger partial charge >= 0.3 is 5.69 Å². The molecule has 4 rings (SSSR count). The van der Waals surface area contributed by atoms with Gasteiger partial charge in [0.1, 0.15) is 12.4 Å². The second-order valence-electron chi connectivity index (χ2n) is 8.43. The fourth-order valence-electron chi connectivity index (χ4n) is 3.64. The second-order valence-corrected chi connectivity index (χ2v) is 12.0. The molecule has 0 unspecified atom stereocenters. The minimum Gasteiger partial charge on any atom is -0.481 e. The normalized spacial score (nSPS) is 12.3. The van der Waals surface area contributed by atoms with Gasteiger partial charge in [0.05, 0.1) is 26.5 Å². The number of benzene rings is 3. The predicted molar refractivity (Wildman–Crippen MR) is 162 cm³/mol. The van der Waals surface area contributed by atoms with Gasteiger partial charge in [-0.1, -0.05) is 67.7 Å². The third-order valence-corrected chi connectivity index (χ3v) is 8.15. The Morgan fingerprint density at radius 2 is 1.79 bits per heavy atom. The summed E-state index contributed by atoms with van der Waals surface area (Å²) in [6.45, 7) is 4.09. The molecular weight excluding hydrogens is 752 g/mol. The molecule has 1 heterocycles. The summed E-state index contributed by atoms with van der Waals surface area (Å²) < 4.78 is 9.96. The average Bonchev–Trinajstić information content (AvgIpc) is 2.87. The molecule has 0 amide bonds. The van der Waals surface area contributed by atoms with Crippen molar-refractivity contribution in [3.63, 3.8) is 0 Å². The quantitative estimate of drug-likeness (QED) is 0.102. The summed E-state index contributed by atoms with van der Waals surface area (Å²) in [6, 6.07) is 13.9. The van der Waals surface area contributed by atoms with Gasteiger partial charge in [-0.05, 0) is 58.7 Å². The monoisotopic (exact) mass is 768 g/mol. The lowest BCUT2D eigenvalue weighted by atomic mass is 10.1. The average molecular weight is 772 g/mol. The molecule has 38 heavy (non-hydrogen) atoms. The number of nitrogens with zero attached hydrogens (tertiary/aromatic N) is 4. The van der Waals surface area contributed by atoms with Crippen molar-refractivity contribution in [1.82, 2.24) is 9.66 Å². The van der Waals surface area contributed by atoms with Crippen LogP contribution in [0.1, 0.15) is 43.1 Å². The smallest absolute Gasteiger partial charge is 0.312 e. The summed E-state index contributed by atoms with van der Waals surface area (Å²) >= 11 is 13.7. The maximum absolute atomic E-state index is 13.4. The molecule has 3 aromatic carbocycles. The van der Waals surface area contributed by atoms with Crippen LogP contribution in [0.15, 0.2) is 76.3 Å². The van der Waals surface area contributed by atoms with E-state index in [1.807, 2.05) is 38.1 Å². The fourth-order valence-corrected chi connectivity index (χ4v) is 5.75. The number of hydrogen-bond donors (Lipinski definition) is 0. The van der Waals surface area contributed by atoms with Gasteiger partial charge in [0, 0.05) is 36.5 Å². The molecule has 0 aliphatic heterocycles. The zero-order valence-corrected chi connectivity index (χ0v) is 26.5. The van der Waals surface area contributed by atoms with Crippen LogP contribution in [0.2, 0.25) is 0 Å². The number of rotatable bonds is 8. The summed E-state index contributed by atoms with van der Waals surface area (Å²) in [5, 5.41) is 16.7. The maximum Gasteiger partial charge on any atom is 0.312 e. The molecule has 0 bridgehead atoms. The van der Waals surface area contributed by atoms with Gasteiger partial charge in [-0.3, -0.25) is 14.9 Å². The third-order valence-electron chi connectivity index (χ3n) is 5.84. The van der Waals surface area contributed by atoms with Crippen LogP contribution in [-0.2, 0) is 6.61 Å². The van der Waals surface area contributed by atoms with Gasteiger partial charge < -0.3 is 4.74 Å². The zero-order valence-electron chi connectivity index (χ0n) is 20.1. The van der Waals surface area contributed by atoms with Crippen LogP contribution in [0.3, 0.4) is 0 Å². The van der Waals surface area contributed by atoms with E-state index in [1.54, 1.807) is 18.2 Å². The maximum atomic E-state index is 13.4. The summed E-state index contributed by atoms with van der Waals surface area (Å²) in [4.78, 5) is 29.4. The molecule has 1 atom stereocenters. The highest BCUT2D eigenvalue weighted by Crippen LogP contribution is 2.37. The van der Waals surface area contributed by atoms with Crippen LogP contribution in [0, 0.1) is 10.1 Å². The lowest BCUT2D eigenvalue weighted by Crippen LogP contribution is -2.23. The third kappa shape index (κ3) is 6.24. The highest BCUT2D eigenvalue weighted by atomic mass is 79.9. The number of halogens is 4. The topological polar surface area (TPSA) is 99.6 Å². The lowest BCUT2D eigenvalue weighted by Gasteiger charge is -2.14. The van der Waals surface area contributed by atoms with Crippen molar-refractivity contribution in [3.05, 3.63) is 104 Å². The first-order chi connectivity index (χ1) is 18.1. The Bertz CT molecular complexity index is 1640. The van der Waals surface area contributed by atoms with Crippen LogP contribution in [0.25, 0.3) is 10.9 Å². The summed E-state index contributed by atoms with van der Waals surface area (Å²) in [7, 11) is 0. The number of hydrogen-bond acceptors (Lipinski definition) is 6. The van der Waals surface area contributed by atoms with Gasteiger partial charge in [-0.15, -0.1) is 0 Å². The fraction of sp³-hybridized carbons (Fsp3) is 0.192. The van der Waals surface area contributed by atoms with E-state index in [9.17, 15) is 14.9 Å². The van der Waals surface area contributed by atoms with E-state index in [0.717, 1.165) is 25.4 Å². The standard InChI is InChI=1S/C26H20Br4N4O4/c1-3-14(2)25-32-22-7-6-17(27)10-19(22)26(35)33(25)31-12-15-8-21(30)24(23(9-15)34(36)37)38-13-16-4-5-18(28)11-20(16)29/h4-12,14H,3,13H2,1-2H3/t14-/m1/s1. The van der Waals surface area contributed by atoms with Crippen LogP contribution in [0.5, 0.6) is 5.75 Å². The van der Waals surface area contributed by atoms with Gasteiger partial charge in [0.25, 0.3) is 5.56 Å². The Hall–Kier alpha value is -2.41. The lowest BCUT2D eigenvalue weighted by molar-refractivity contribution is -0.386. The predicted octanol–water partition coefficient (Wildman–Crippen LogP) is 8.33. The van der Waals surface area contributed by atoms with Crippen molar-refractivity contribution in [2.75, 3.05) is 0 Å². The molecule has 4 aromatic rings. The minimum absolute atomic E-state index is 0.0392. The Balaban J connectivity index is 1.73. The first-order valence-electron chi connectivity index (χ1n) is 11.4. The molecule has 196 valence electrons. The van der Waals surface area contributed by atoms with E-state index < -0.39 is 4.92 Å². The van der Waals surface area contributed by atoms with Crippen LogP contribution >= 0.6 is 63.7 Å². The highest BCUT2D eigenvalue weighted by molar-refractivity contribution is 9.11. The molecule has 0 aliphatic carbocycles. The molecule has 0 aliphatic rings. The number of ether oxygens (including phenoxy) is 1. The van der Waals surface area contributed by atoms with Crippen molar-refractivity contribution in [3.8, 4) is 5.75 Å². The summed E-state index contributed by atoms with van der Waals surface area (Å²) in [5.41, 5.74) is 1.27. The summed E-state index contributed by atoms with van der Waals surface area (Å²) in [5.74, 6) is 0.566. The Morgan fingerprint density at radius 1 is 1.08 bits per heavy atom. The molecule has 0 spiro atoms. The van der Waals surface area contributed by atoms with E-state index in [-0.39, 0.29) is 29.5 Å². The van der Waals surface area contributed by atoms with Crippen LogP contribution in [0.4, 0.5) is 5.69 Å². The van der Waals surface area contributed by atoms with Gasteiger partial charge in [0.15, 0.2) is 0 Å². The Morgan fingerprint density at radius 3 is 2.47 bits per heavy atom. The van der Waals surface area contributed by atoms with E-state index in [1.165, 1.54) is 17.0 Å². The van der Waals surface area contributed by atoms with E-state index >= 15 is 0 Å². The molecule has 0 fully saturated rings. The molecule has 0 saturated carbocycles. The van der Waals surface area contributed by atoms with Crippen molar-refractivity contribution in [2.45, 2.75) is 32.8 Å². The Kier molecular flexibility index (Phi) is 9.17. The number of nitro benzene ring substituents is 1. The molecule has 0 saturated heterocycles. The summed E-state index contributed by atoms with van der Waals surface area (Å²) in [6.07, 6.45) is 2.16. The molecule has 1 aromatic heterocycles. The molecule has 0 N–H and O–H groups in total. The molecule has 0 radical (unpaired) electrons. The van der Waals surface area contributed by atoms with Gasteiger partial charge in [-0.25, -0.2) is 4.98 Å². The van der Waals surface area contributed by atoms with Crippen molar-refractivity contribution >= 4 is 86.5 Å². The van der Waals surface area contributed by atoms with Crippen molar-refractivity contribution in [2.24, 2.45) is 5.10 Å². The second kappa shape index (κ2) is 12.2. The first-order valence-corrected chi connectivity index (χ1v) is 14.6. The molecule has 12 heteroatoms. The van der Waals surface area contributed by atoms with Gasteiger partial charge in [-0.2, -0.15) is 9.78 Å². The van der Waals surface area contributed by atoms with Crippen molar-refractivity contribution < 1.29 is 9.66 Å².